The lowest BCUT2D eigenvalue weighted by Crippen LogP contribution is -2.21. The van der Waals surface area contributed by atoms with E-state index in [9.17, 15) is 0 Å². The number of hydrogen-bond donors (Lipinski definition) is 0. The molecule has 2 atom stereocenters. The molecule has 0 amide bonds. The summed E-state index contributed by atoms with van der Waals surface area (Å²) in [5.74, 6) is 0. The third-order valence-corrected chi connectivity index (χ3v) is 2.96. The van der Waals surface area contributed by atoms with Crippen LogP contribution >= 0.6 is 11.8 Å². The van der Waals surface area contributed by atoms with Gasteiger partial charge in [0.25, 0.3) is 0 Å². The monoisotopic (exact) mass is 131 g/mol. The first kappa shape index (κ1) is 6.43. The van der Waals surface area contributed by atoms with Gasteiger partial charge in [-0.15, -0.1) is 11.8 Å². The fourth-order valence-electron chi connectivity index (χ4n) is 1.04. The van der Waals surface area contributed by atoms with Crippen molar-refractivity contribution in [3.8, 4) is 0 Å². The van der Waals surface area contributed by atoms with Crippen LogP contribution in [0.25, 0.3) is 0 Å². The molecule has 0 aliphatic carbocycles. The molecule has 1 aliphatic rings. The zero-order chi connectivity index (χ0) is 6.15. The molecule has 0 aromatic carbocycles. The molecule has 0 saturated carbocycles. The second kappa shape index (κ2) is 2.28. The Morgan fingerprint density at radius 3 is 2.25 bits per heavy atom. The zero-order valence-corrected chi connectivity index (χ0v) is 6.53. The molecule has 0 radical (unpaired) electrons. The maximum atomic E-state index is 2.38. The Balaban J connectivity index is 2.39. The van der Waals surface area contributed by atoms with Gasteiger partial charge in [0.15, 0.2) is 0 Å². The molecular formula is C6H13NS. The molecule has 1 aliphatic heterocycles. The van der Waals surface area contributed by atoms with E-state index in [4.69, 9.17) is 0 Å². The molecule has 1 fully saturated rings. The minimum atomic E-state index is 0.741. The van der Waals surface area contributed by atoms with Gasteiger partial charge in [-0.05, 0) is 14.0 Å². The summed E-state index contributed by atoms with van der Waals surface area (Å²) in [7, 11) is 2.18. The second-order valence-electron chi connectivity index (χ2n) is 2.49. The summed E-state index contributed by atoms with van der Waals surface area (Å²) in [5, 5.41) is 1.58. The van der Waals surface area contributed by atoms with E-state index in [0.29, 0.717) is 0 Å². The fraction of sp³-hybridized carbons (Fsp3) is 1.00. The lowest BCUT2D eigenvalue weighted by molar-refractivity contribution is 0.356. The standard InChI is InChI=1S/C6H13NS/c1-5-4-7(3)6(2)8-5/h5-6H,4H2,1-3H3/t5-,6-/m0/s1. The average Bonchev–Trinajstić information content (AvgIpc) is 1.85. The maximum Gasteiger partial charge on any atom is 0.0529 e. The van der Waals surface area contributed by atoms with E-state index in [1.54, 1.807) is 0 Å². The van der Waals surface area contributed by atoms with Crippen LogP contribution in [-0.4, -0.2) is 29.1 Å². The van der Waals surface area contributed by atoms with Gasteiger partial charge in [0.05, 0.1) is 5.37 Å². The van der Waals surface area contributed by atoms with Gasteiger partial charge in [-0.3, -0.25) is 4.90 Å². The quantitative estimate of drug-likeness (QED) is 0.489. The van der Waals surface area contributed by atoms with Crippen LogP contribution in [0.5, 0.6) is 0 Å². The van der Waals surface area contributed by atoms with Crippen LogP contribution in [0.2, 0.25) is 0 Å². The van der Waals surface area contributed by atoms with Gasteiger partial charge in [-0.2, -0.15) is 0 Å². The topological polar surface area (TPSA) is 3.24 Å². The maximum absolute atomic E-state index is 2.38. The first-order chi connectivity index (χ1) is 3.70. The Morgan fingerprint density at radius 2 is 2.12 bits per heavy atom. The predicted molar refractivity (Wildman–Crippen MR) is 39.1 cm³/mol. The minimum absolute atomic E-state index is 0.741. The molecule has 0 N–H and O–H groups in total. The van der Waals surface area contributed by atoms with E-state index in [-0.39, 0.29) is 0 Å². The molecular weight excluding hydrogens is 118 g/mol. The Morgan fingerprint density at radius 1 is 1.50 bits per heavy atom. The Hall–Kier alpha value is 0.310. The molecule has 0 bridgehead atoms. The summed E-state index contributed by atoms with van der Waals surface area (Å²) in [6.07, 6.45) is 0. The summed E-state index contributed by atoms with van der Waals surface area (Å²) in [4.78, 5) is 2.38. The van der Waals surface area contributed by atoms with Gasteiger partial charge in [0, 0.05) is 11.8 Å². The smallest absolute Gasteiger partial charge is 0.0529 e. The summed E-state index contributed by atoms with van der Waals surface area (Å²) in [6, 6.07) is 0. The van der Waals surface area contributed by atoms with Gasteiger partial charge >= 0.3 is 0 Å². The molecule has 2 heteroatoms. The van der Waals surface area contributed by atoms with Crippen molar-refractivity contribution in [2.45, 2.75) is 24.5 Å². The van der Waals surface area contributed by atoms with Crippen LogP contribution < -0.4 is 0 Å². The Bertz CT molecular complexity index is 74.6. The van der Waals surface area contributed by atoms with Crippen molar-refractivity contribution in [1.29, 1.82) is 0 Å². The summed E-state index contributed by atoms with van der Waals surface area (Å²) >= 11 is 2.05. The first-order valence-electron chi connectivity index (χ1n) is 3.06. The molecule has 1 nitrogen and oxygen atoms in total. The largest absolute Gasteiger partial charge is 0.294 e. The number of rotatable bonds is 0. The van der Waals surface area contributed by atoms with E-state index in [2.05, 4.69) is 37.6 Å². The minimum Gasteiger partial charge on any atom is -0.294 e. The predicted octanol–water partition coefficient (Wildman–Crippen LogP) is 1.40. The first-order valence-corrected chi connectivity index (χ1v) is 4.00. The molecule has 0 aromatic heterocycles. The van der Waals surface area contributed by atoms with Crippen molar-refractivity contribution in [3.63, 3.8) is 0 Å². The van der Waals surface area contributed by atoms with Crippen LogP contribution in [0, 0.1) is 0 Å². The van der Waals surface area contributed by atoms with Gasteiger partial charge in [0.2, 0.25) is 0 Å². The highest BCUT2D eigenvalue weighted by atomic mass is 32.2. The highest BCUT2D eigenvalue weighted by Crippen LogP contribution is 2.27. The third-order valence-electron chi connectivity index (χ3n) is 1.60. The Kier molecular flexibility index (Phi) is 1.83. The van der Waals surface area contributed by atoms with E-state index < -0.39 is 0 Å². The summed E-state index contributed by atoms with van der Waals surface area (Å²) in [6.45, 7) is 5.80. The number of hydrogen-bond acceptors (Lipinski definition) is 2. The third kappa shape index (κ3) is 1.17. The van der Waals surface area contributed by atoms with Crippen molar-refractivity contribution in [2.24, 2.45) is 0 Å². The molecule has 0 spiro atoms. The van der Waals surface area contributed by atoms with Gasteiger partial charge in [-0.1, -0.05) is 6.92 Å². The lowest BCUT2D eigenvalue weighted by Gasteiger charge is -2.10. The van der Waals surface area contributed by atoms with Crippen molar-refractivity contribution in [2.75, 3.05) is 13.6 Å². The van der Waals surface area contributed by atoms with Gasteiger partial charge in [-0.25, -0.2) is 0 Å². The van der Waals surface area contributed by atoms with E-state index >= 15 is 0 Å². The summed E-state index contributed by atoms with van der Waals surface area (Å²) < 4.78 is 0. The van der Waals surface area contributed by atoms with Crippen LogP contribution in [0.15, 0.2) is 0 Å². The van der Waals surface area contributed by atoms with Crippen molar-refractivity contribution < 1.29 is 0 Å². The summed E-state index contributed by atoms with van der Waals surface area (Å²) in [5.41, 5.74) is 0. The SMILES string of the molecule is C[C@@H]1S[C@@H](C)CN1C. The molecule has 1 rings (SSSR count). The highest BCUT2D eigenvalue weighted by molar-refractivity contribution is 8.00. The Labute approximate surface area is 55.4 Å². The van der Waals surface area contributed by atoms with Gasteiger partial charge < -0.3 is 0 Å². The number of thioether (sulfide) groups is 1. The molecule has 0 unspecified atom stereocenters. The van der Waals surface area contributed by atoms with Crippen LogP contribution in [0.1, 0.15) is 13.8 Å². The highest BCUT2D eigenvalue weighted by Gasteiger charge is 2.22. The normalized spacial score (nSPS) is 40.9. The van der Waals surface area contributed by atoms with Crippen molar-refractivity contribution >= 4 is 11.8 Å². The lowest BCUT2D eigenvalue weighted by atomic mass is 10.4. The number of nitrogens with zero attached hydrogens (tertiary/aromatic N) is 1. The average molecular weight is 131 g/mol. The van der Waals surface area contributed by atoms with E-state index in [0.717, 1.165) is 10.6 Å². The van der Waals surface area contributed by atoms with E-state index in [1.807, 2.05) is 0 Å². The molecule has 1 heterocycles. The van der Waals surface area contributed by atoms with Crippen LogP contribution in [0.3, 0.4) is 0 Å². The fourth-order valence-corrected chi connectivity index (χ4v) is 2.32. The van der Waals surface area contributed by atoms with Crippen LogP contribution in [0.4, 0.5) is 0 Å². The van der Waals surface area contributed by atoms with Gasteiger partial charge in [0.1, 0.15) is 0 Å². The van der Waals surface area contributed by atoms with E-state index in [1.165, 1.54) is 6.54 Å². The molecule has 8 heavy (non-hydrogen) atoms. The second-order valence-corrected chi connectivity index (χ2v) is 4.24. The molecule has 0 aromatic rings. The van der Waals surface area contributed by atoms with Crippen LogP contribution in [-0.2, 0) is 0 Å². The zero-order valence-electron chi connectivity index (χ0n) is 5.72. The molecule has 1 saturated heterocycles. The van der Waals surface area contributed by atoms with Crippen molar-refractivity contribution in [1.82, 2.24) is 4.90 Å². The molecule has 48 valence electrons. The van der Waals surface area contributed by atoms with Crippen molar-refractivity contribution in [3.05, 3.63) is 0 Å².